The molecule has 0 atom stereocenters. The van der Waals surface area contributed by atoms with Gasteiger partial charge in [-0.1, -0.05) is 17.5 Å². The van der Waals surface area contributed by atoms with Crippen LogP contribution in [0.3, 0.4) is 0 Å². The Labute approximate surface area is 114 Å². The minimum Gasteiger partial charge on any atom is -0.488 e. The summed E-state index contributed by atoms with van der Waals surface area (Å²) in [6.07, 6.45) is 7.14. The summed E-state index contributed by atoms with van der Waals surface area (Å²) in [6.45, 7) is 0.694. The van der Waals surface area contributed by atoms with Crippen molar-refractivity contribution in [3.05, 3.63) is 34.6 Å². The third kappa shape index (κ3) is 2.30. The fourth-order valence-corrected chi connectivity index (χ4v) is 1.98. The minimum absolute atomic E-state index is 0.295. The molecule has 1 aromatic carbocycles. The normalized spacial score (nSPS) is 13.2. The van der Waals surface area contributed by atoms with Crippen molar-refractivity contribution in [3.8, 4) is 18.1 Å². The summed E-state index contributed by atoms with van der Waals surface area (Å²) in [4.78, 5) is 1.36. The lowest BCUT2D eigenvalue weighted by molar-refractivity contribution is 0.365. The molecule has 19 heavy (non-hydrogen) atoms. The monoisotopic (exact) mass is 272 g/mol. The van der Waals surface area contributed by atoms with Gasteiger partial charge in [0.1, 0.15) is 18.9 Å². The molecule has 1 aliphatic heterocycles. The van der Waals surface area contributed by atoms with E-state index in [0.29, 0.717) is 24.0 Å². The van der Waals surface area contributed by atoms with E-state index in [2.05, 4.69) is 21.3 Å². The molecule has 0 radical (unpaired) electrons. The standard InChI is InChI=1S/C13H9ClN4O/c1-2-5-18-16-13(15-17-18)10-6-9-7-11(14)3-4-12(9)19-8-10/h1,3-4,6-7H,5,8H2. The second kappa shape index (κ2) is 4.75. The Balaban J connectivity index is 1.96. The predicted molar refractivity (Wildman–Crippen MR) is 71.5 cm³/mol. The Kier molecular flexibility index (Phi) is 2.94. The molecule has 2 heterocycles. The van der Waals surface area contributed by atoms with Crippen LogP contribution >= 0.6 is 11.6 Å². The molecule has 0 saturated carbocycles. The molecule has 3 rings (SSSR count). The number of rotatable bonds is 2. The van der Waals surface area contributed by atoms with E-state index in [0.717, 1.165) is 16.9 Å². The van der Waals surface area contributed by atoms with Gasteiger partial charge in [-0.2, -0.15) is 4.80 Å². The Morgan fingerprint density at radius 1 is 1.47 bits per heavy atom. The topological polar surface area (TPSA) is 52.8 Å². The van der Waals surface area contributed by atoms with E-state index in [-0.39, 0.29) is 0 Å². The maximum Gasteiger partial charge on any atom is 0.204 e. The molecule has 0 bridgehead atoms. The Morgan fingerprint density at radius 2 is 2.37 bits per heavy atom. The SMILES string of the molecule is C#CCn1nnc(C2=Cc3cc(Cl)ccc3OC2)n1. The van der Waals surface area contributed by atoms with Crippen molar-refractivity contribution in [3.63, 3.8) is 0 Å². The molecule has 0 spiro atoms. The first-order chi connectivity index (χ1) is 9.26. The molecule has 2 aromatic rings. The summed E-state index contributed by atoms with van der Waals surface area (Å²) in [6, 6.07) is 5.47. The number of halogens is 1. The second-order valence-electron chi connectivity index (χ2n) is 3.99. The van der Waals surface area contributed by atoms with Crippen LogP contribution in [0.2, 0.25) is 5.02 Å². The number of aromatic nitrogens is 4. The number of hydrogen-bond acceptors (Lipinski definition) is 4. The largest absolute Gasteiger partial charge is 0.488 e. The molecule has 0 aliphatic carbocycles. The van der Waals surface area contributed by atoms with Crippen LogP contribution in [0.5, 0.6) is 5.75 Å². The third-order valence-electron chi connectivity index (χ3n) is 2.66. The number of terminal acetylenes is 1. The van der Waals surface area contributed by atoms with E-state index in [4.69, 9.17) is 22.8 Å². The number of tetrazole rings is 1. The maximum atomic E-state index is 5.96. The van der Waals surface area contributed by atoms with Crippen molar-refractivity contribution in [1.29, 1.82) is 0 Å². The fraction of sp³-hybridized carbons (Fsp3) is 0.154. The molecule has 0 fully saturated rings. The number of benzene rings is 1. The third-order valence-corrected chi connectivity index (χ3v) is 2.89. The highest BCUT2D eigenvalue weighted by Crippen LogP contribution is 2.31. The van der Waals surface area contributed by atoms with Gasteiger partial charge in [-0.25, -0.2) is 0 Å². The molecule has 0 unspecified atom stereocenters. The molecule has 5 nitrogen and oxygen atoms in total. The van der Waals surface area contributed by atoms with Gasteiger partial charge in [0.25, 0.3) is 0 Å². The van der Waals surface area contributed by atoms with E-state index < -0.39 is 0 Å². The number of hydrogen-bond donors (Lipinski definition) is 0. The predicted octanol–water partition coefficient (Wildman–Crippen LogP) is 1.89. The highest BCUT2D eigenvalue weighted by atomic mass is 35.5. The molecule has 0 amide bonds. The molecule has 1 aliphatic rings. The van der Waals surface area contributed by atoms with Crippen molar-refractivity contribution in [2.24, 2.45) is 0 Å². The average molecular weight is 273 g/mol. The summed E-state index contributed by atoms with van der Waals surface area (Å²) >= 11 is 5.96. The summed E-state index contributed by atoms with van der Waals surface area (Å²) in [7, 11) is 0. The fourth-order valence-electron chi connectivity index (χ4n) is 1.80. The van der Waals surface area contributed by atoms with E-state index in [1.807, 2.05) is 18.2 Å². The van der Waals surface area contributed by atoms with Crippen LogP contribution in [-0.4, -0.2) is 26.8 Å². The van der Waals surface area contributed by atoms with Gasteiger partial charge in [-0.15, -0.1) is 16.6 Å². The molecule has 0 N–H and O–H groups in total. The number of fused-ring (bicyclic) bond motifs is 1. The van der Waals surface area contributed by atoms with Crippen molar-refractivity contribution in [2.75, 3.05) is 6.61 Å². The Morgan fingerprint density at radius 3 is 3.21 bits per heavy atom. The van der Waals surface area contributed by atoms with E-state index in [9.17, 15) is 0 Å². The van der Waals surface area contributed by atoms with Gasteiger partial charge in [0, 0.05) is 16.2 Å². The van der Waals surface area contributed by atoms with Crippen LogP contribution in [0.4, 0.5) is 0 Å². The van der Waals surface area contributed by atoms with E-state index in [1.54, 1.807) is 6.07 Å². The van der Waals surface area contributed by atoms with Crippen molar-refractivity contribution < 1.29 is 4.74 Å². The lowest BCUT2D eigenvalue weighted by atomic mass is 10.1. The molecule has 94 valence electrons. The van der Waals surface area contributed by atoms with Gasteiger partial charge < -0.3 is 4.74 Å². The van der Waals surface area contributed by atoms with Crippen LogP contribution in [0.15, 0.2) is 18.2 Å². The number of ether oxygens (including phenoxy) is 1. The van der Waals surface area contributed by atoms with Gasteiger partial charge >= 0.3 is 0 Å². The first-order valence-electron chi connectivity index (χ1n) is 5.61. The maximum absolute atomic E-state index is 5.96. The number of nitrogens with zero attached hydrogens (tertiary/aromatic N) is 4. The van der Waals surface area contributed by atoms with Crippen molar-refractivity contribution in [1.82, 2.24) is 20.2 Å². The smallest absolute Gasteiger partial charge is 0.204 e. The van der Waals surface area contributed by atoms with Crippen LogP contribution in [0.25, 0.3) is 11.6 Å². The molecule has 0 saturated heterocycles. The van der Waals surface area contributed by atoms with Crippen LogP contribution in [-0.2, 0) is 6.54 Å². The van der Waals surface area contributed by atoms with Gasteiger partial charge in [0.05, 0.1) is 0 Å². The molecular weight excluding hydrogens is 264 g/mol. The Hall–Kier alpha value is -2.32. The van der Waals surface area contributed by atoms with Crippen LogP contribution in [0, 0.1) is 12.3 Å². The van der Waals surface area contributed by atoms with Gasteiger partial charge in [-0.05, 0) is 29.5 Å². The molecule has 1 aromatic heterocycles. The summed E-state index contributed by atoms with van der Waals surface area (Å²) < 4.78 is 5.63. The van der Waals surface area contributed by atoms with Crippen LogP contribution in [0.1, 0.15) is 11.4 Å². The molecular formula is C13H9ClN4O. The summed E-state index contributed by atoms with van der Waals surface area (Å²) in [5.74, 6) is 3.76. The average Bonchev–Trinajstić information content (AvgIpc) is 2.87. The zero-order valence-electron chi connectivity index (χ0n) is 9.88. The minimum atomic E-state index is 0.295. The lowest BCUT2D eigenvalue weighted by Crippen LogP contribution is -2.08. The van der Waals surface area contributed by atoms with Gasteiger partial charge in [-0.3, -0.25) is 0 Å². The second-order valence-corrected chi connectivity index (χ2v) is 4.42. The quantitative estimate of drug-likeness (QED) is 0.784. The summed E-state index contributed by atoms with van der Waals surface area (Å²) in [5, 5.41) is 12.7. The zero-order chi connectivity index (χ0) is 13.2. The van der Waals surface area contributed by atoms with Crippen LogP contribution < -0.4 is 4.74 Å². The first-order valence-corrected chi connectivity index (χ1v) is 5.98. The highest BCUT2D eigenvalue weighted by Gasteiger charge is 2.16. The molecule has 6 heteroatoms. The van der Waals surface area contributed by atoms with Crippen molar-refractivity contribution in [2.45, 2.75) is 6.54 Å². The lowest BCUT2D eigenvalue weighted by Gasteiger charge is -2.16. The van der Waals surface area contributed by atoms with Crippen molar-refractivity contribution >= 4 is 23.3 Å². The first kappa shape index (κ1) is 11.8. The van der Waals surface area contributed by atoms with E-state index >= 15 is 0 Å². The highest BCUT2D eigenvalue weighted by molar-refractivity contribution is 6.30. The van der Waals surface area contributed by atoms with E-state index in [1.165, 1.54) is 4.80 Å². The summed E-state index contributed by atoms with van der Waals surface area (Å²) in [5.41, 5.74) is 1.75. The van der Waals surface area contributed by atoms with Gasteiger partial charge in [0.2, 0.25) is 5.82 Å². The van der Waals surface area contributed by atoms with Gasteiger partial charge in [0.15, 0.2) is 0 Å². The zero-order valence-corrected chi connectivity index (χ0v) is 10.6. The Bertz CT molecular complexity index is 699.